The van der Waals surface area contributed by atoms with Gasteiger partial charge in [-0.3, -0.25) is 4.79 Å². The predicted molar refractivity (Wildman–Crippen MR) is 75.8 cm³/mol. The molecule has 0 fully saturated rings. The van der Waals surface area contributed by atoms with Crippen LogP contribution in [0.25, 0.3) is 0 Å². The first-order valence-electron chi connectivity index (χ1n) is 5.54. The van der Waals surface area contributed by atoms with Crippen LogP contribution in [0.5, 0.6) is 0 Å². The van der Waals surface area contributed by atoms with Crippen molar-refractivity contribution in [1.29, 1.82) is 0 Å². The summed E-state index contributed by atoms with van der Waals surface area (Å²) in [7, 11) is 0. The van der Waals surface area contributed by atoms with Crippen LogP contribution in [-0.2, 0) is 0 Å². The molecule has 0 aliphatic carbocycles. The van der Waals surface area contributed by atoms with Crippen molar-refractivity contribution in [3.8, 4) is 0 Å². The number of carbonyl (C=O) groups excluding carboxylic acids is 1. The number of aryl methyl sites for hydroxylation is 1. The summed E-state index contributed by atoms with van der Waals surface area (Å²) in [6, 6.07) is 15.7. The second kappa shape index (κ2) is 7.67. The van der Waals surface area contributed by atoms with Crippen molar-refractivity contribution >= 4 is 18.4 Å². The molecule has 94 valence electrons. The molecule has 18 heavy (non-hydrogen) atoms. The fourth-order valence-electron chi connectivity index (χ4n) is 1.26. The highest BCUT2D eigenvalue weighted by Gasteiger charge is 2.01. The molecular formula is C15H15FOS. The van der Waals surface area contributed by atoms with Gasteiger partial charge in [-0.15, -0.1) is 0 Å². The number of ketones is 1. The van der Waals surface area contributed by atoms with E-state index in [4.69, 9.17) is 0 Å². The third kappa shape index (κ3) is 5.15. The molecule has 0 heterocycles. The van der Waals surface area contributed by atoms with Crippen LogP contribution in [-0.4, -0.2) is 11.5 Å². The maximum atomic E-state index is 12.3. The Balaban J connectivity index is 0.000000199. The lowest BCUT2D eigenvalue weighted by atomic mass is 10.1. The summed E-state index contributed by atoms with van der Waals surface area (Å²) in [4.78, 5) is 10.9. The van der Waals surface area contributed by atoms with Crippen LogP contribution in [0.3, 0.4) is 0 Å². The lowest BCUT2D eigenvalue weighted by molar-refractivity contribution is 0.102. The van der Waals surface area contributed by atoms with Gasteiger partial charge in [-0.05, 0) is 31.2 Å². The fraction of sp³-hybridized carbons (Fsp3) is 0.133. The molecule has 0 saturated heterocycles. The molecule has 2 aromatic rings. The van der Waals surface area contributed by atoms with Gasteiger partial charge < -0.3 is 0 Å². The summed E-state index contributed by atoms with van der Waals surface area (Å²) in [6.45, 7) is 2.08. The Morgan fingerprint density at radius 2 is 1.61 bits per heavy atom. The third-order valence-corrected chi connectivity index (χ3v) is 2.54. The standard InChI is InChI=1S/C8H7FOS.C7H8/c9-7-3-1-6(2-4-7)8(10)5-11;1-7-5-3-2-4-6-7/h1-4,11H,5H2;2-6H,1H3. The second-order valence-electron chi connectivity index (χ2n) is 3.74. The Bertz CT molecular complexity index is 480. The maximum absolute atomic E-state index is 12.3. The Morgan fingerprint density at radius 3 is 2.00 bits per heavy atom. The zero-order valence-corrected chi connectivity index (χ0v) is 11.0. The van der Waals surface area contributed by atoms with Crippen LogP contribution in [0.15, 0.2) is 54.6 Å². The molecule has 0 aromatic heterocycles. The van der Waals surface area contributed by atoms with Crippen molar-refractivity contribution in [1.82, 2.24) is 0 Å². The molecule has 0 N–H and O–H groups in total. The van der Waals surface area contributed by atoms with Crippen LogP contribution in [0.1, 0.15) is 15.9 Å². The highest BCUT2D eigenvalue weighted by Crippen LogP contribution is 2.03. The van der Waals surface area contributed by atoms with E-state index in [1.54, 1.807) is 0 Å². The van der Waals surface area contributed by atoms with E-state index < -0.39 is 0 Å². The van der Waals surface area contributed by atoms with Gasteiger partial charge in [0.05, 0.1) is 5.75 Å². The van der Waals surface area contributed by atoms with Crippen molar-refractivity contribution in [3.63, 3.8) is 0 Å². The van der Waals surface area contributed by atoms with E-state index in [1.807, 2.05) is 18.2 Å². The van der Waals surface area contributed by atoms with Gasteiger partial charge in [0.25, 0.3) is 0 Å². The molecule has 0 aliphatic rings. The highest BCUT2D eigenvalue weighted by atomic mass is 32.1. The quantitative estimate of drug-likeness (QED) is 0.641. The van der Waals surface area contributed by atoms with Crippen molar-refractivity contribution in [3.05, 3.63) is 71.5 Å². The van der Waals surface area contributed by atoms with E-state index in [0.29, 0.717) is 5.56 Å². The molecule has 2 rings (SSSR count). The smallest absolute Gasteiger partial charge is 0.172 e. The van der Waals surface area contributed by atoms with Gasteiger partial charge in [0.2, 0.25) is 0 Å². The monoisotopic (exact) mass is 262 g/mol. The van der Waals surface area contributed by atoms with Gasteiger partial charge in [-0.1, -0.05) is 35.9 Å². The molecule has 0 saturated carbocycles. The first kappa shape index (κ1) is 14.5. The number of benzene rings is 2. The third-order valence-electron chi connectivity index (χ3n) is 2.25. The number of rotatable bonds is 2. The van der Waals surface area contributed by atoms with E-state index in [1.165, 1.54) is 29.8 Å². The molecule has 0 bridgehead atoms. The van der Waals surface area contributed by atoms with Gasteiger partial charge in [-0.2, -0.15) is 12.6 Å². The molecule has 3 heteroatoms. The summed E-state index contributed by atoms with van der Waals surface area (Å²) < 4.78 is 12.3. The minimum Gasteiger partial charge on any atom is -0.293 e. The summed E-state index contributed by atoms with van der Waals surface area (Å²) >= 11 is 3.81. The molecular weight excluding hydrogens is 247 g/mol. The largest absolute Gasteiger partial charge is 0.293 e. The first-order chi connectivity index (χ1) is 8.63. The summed E-state index contributed by atoms with van der Waals surface area (Å²) in [5.74, 6) is -0.264. The number of thiol groups is 1. The molecule has 0 atom stereocenters. The predicted octanol–water partition coefficient (Wildman–Crippen LogP) is 3.93. The lowest BCUT2D eigenvalue weighted by Crippen LogP contribution is -1.99. The number of halogens is 1. The Hall–Kier alpha value is -1.61. The number of hydrogen-bond acceptors (Lipinski definition) is 2. The van der Waals surface area contributed by atoms with Crippen molar-refractivity contribution < 1.29 is 9.18 Å². The fourth-order valence-corrected chi connectivity index (χ4v) is 1.44. The van der Waals surface area contributed by atoms with Gasteiger partial charge in [0.15, 0.2) is 5.78 Å². The topological polar surface area (TPSA) is 17.1 Å². The van der Waals surface area contributed by atoms with Gasteiger partial charge in [0.1, 0.15) is 5.82 Å². The van der Waals surface area contributed by atoms with E-state index >= 15 is 0 Å². The molecule has 1 nitrogen and oxygen atoms in total. The minimum atomic E-state index is -0.333. The normalized spacial score (nSPS) is 9.28. The summed E-state index contributed by atoms with van der Waals surface area (Å²) in [6.07, 6.45) is 0. The van der Waals surface area contributed by atoms with Gasteiger partial charge in [0, 0.05) is 5.56 Å². The molecule has 0 aliphatic heterocycles. The minimum absolute atomic E-state index is 0.0895. The average Bonchev–Trinajstić information content (AvgIpc) is 2.40. The molecule has 0 radical (unpaired) electrons. The maximum Gasteiger partial charge on any atom is 0.172 e. The zero-order valence-electron chi connectivity index (χ0n) is 10.1. The van der Waals surface area contributed by atoms with Crippen molar-refractivity contribution in [2.24, 2.45) is 0 Å². The zero-order chi connectivity index (χ0) is 13.4. The van der Waals surface area contributed by atoms with E-state index in [2.05, 4.69) is 31.7 Å². The van der Waals surface area contributed by atoms with Crippen LogP contribution >= 0.6 is 12.6 Å². The van der Waals surface area contributed by atoms with Crippen molar-refractivity contribution in [2.75, 3.05) is 5.75 Å². The van der Waals surface area contributed by atoms with Crippen LogP contribution < -0.4 is 0 Å². The van der Waals surface area contributed by atoms with E-state index in [0.717, 1.165) is 0 Å². The average molecular weight is 262 g/mol. The van der Waals surface area contributed by atoms with Crippen LogP contribution in [0.2, 0.25) is 0 Å². The van der Waals surface area contributed by atoms with E-state index in [9.17, 15) is 9.18 Å². The van der Waals surface area contributed by atoms with Gasteiger partial charge in [-0.25, -0.2) is 4.39 Å². The first-order valence-corrected chi connectivity index (χ1v) is 6.18. The second-order valence-corrected chi connectivity index (χ2v) is 4.06. The molecule has 2 aromatic carbocycles. The van der Waals surface area contributed by atoms with E-state index in [-0.39, 0.29) is 17.4 Å². The van der Waals surface area contributed by atoms with Crippen molar-refractivity contribution in [2.45, 2.75) is 6.92 Å². The van der Waals surface area contributed by atoms with Crippen LogP contribution in [0.4, 0.5) is 4.39 Å². The van der Waals surface area contributed by atoms with Gasteiger partial charge >= 0.3 is 0 Å². The Labute approximate surface area is 112 Å². The summed E-state index contributed by atoms with van der Waals surface area (Å²) in [5.41, 5.74) is 1.82. The molecule has 0 spiro atoms. The Kier molecular flexibility index (Phi) is 6.15. The number of hydrogen-bond donors (Lipinski definition) is 1. The lowest BCUT2D eigenvalue weighted by Gasteiger charge is -1.94. The number of Topliss-reactive ketones (excluding diaryl/α,β-unsaturated/α-hetero) is 1. The Morgan fingerprint density at radius 1 is 1.06 bits per heavy atom. The molecule has 0 unspecified atom stereocenters. The summed E-state index contributed by atoms with van der Waals surface area (Å²) in [5, 5.41) is 0. The van der Waals surface area contributed by atoms with Crippen LogP contribution in [0, 0.1) is 12.7 Å². The SMILES string of the molecule is Cc1ccccc1.O=C(CS)c1ccc(F)cc1. The number of carbonyl (C=O) groups is 1. The molecule has 0 amide bonds. The highest BCUT2D eigenvalue weighted by molar-refractivity contribution is 7.81.